The van der Waals surface area contributed by atoms with Gasteiger partial charge in [0.2, 0.25) is 35.4 Å². The molecule has 11 rings (SSSR count). The highest BCUT2D eigenvalue weighted by Crippen LogP contribution is 2.45. The molecule has 0 spiro atoms. The second-order valence-electron chi connectivity index (χ2n) is 27.3. The normalized spacial score (nSPS) is 13.7. The summed E-state index contributed by atoms with van der Waals surface area (Å²) < 4.78 is 17.5. The quantitative estimate of drug-likeness (QED) is 0.0112. The van der Waals surface area contributed by atoms with Crippen LogP contribution < -0.4 is 37.2 Å². The third kappa shape index (κ3) is 17.8. The lowest BCUT2D eigenvalue weighted by atomic mass is 9.77. The van der Waals surface area contributed by atoms with Crippen LogP contribution in [0.15, 0.2) is 261 Å². The lowest BCUT2D eigenvalue weighted by molar-refractivity contribution is -0.145. The van der Waals surface area contributed by atoms with Crippen LogP contribution in [-0.4, -0.2) is 114 Å². The molecule has 106 heavy (non-hydrogen) atoms. The average molecular weight is 1440 g/mol. The Hall–Kier alpha value is -11.6. The van der Waals surface area contributed by atoms with Gasteiger partial charge in [0.1, 0.15) is 47.9 Å². The molecule has 0 saturated carbocycles. The summed E-state index contributed by atoms with van der Waals surface area (Å²) in [7, 11) is 1.16. The number of fused-ring (bicyclic) bond motifs is 4. The van der Waals surface area contributed by atoms with Crippen molar-refractivity contribution in [2.24, 2.45) is 0 Å². The van der Waals surface area contributed by atoms with Crippen molar-refractivity contribution in [3.8, 4) is 11.1 Å². The van der Waals surface area contributed by atoms with Gasteiger partial charge in [0.15, 0.2) is 0 Å². The number of thiol groups is 1. The van der Waals surface area contributed by atoms with E-state index in [1.54, 1.807) is 33.9 Å². The van der Waals surface area contributed by atoms with Crippen LogP contribution in [0.1, 0.15) is 109 Å². The monoisotopic (exact) mass is 1440 g/mol. The Balaban J connectivity index is 0.907. The molecule has 6 atom stereocenters. The van der Waals surface area contributed by atoms with Crippen molar-refractivity contribution >= 4 is 71.0 Å². The number of aromatic amines is 1. The van der Waals surface area contributed by atoms with Crippen LogP contribution in [0.4, 0.5) is 4.79 Å². The number of aromatic nitrogens is 1. The van der Waals surface area contributed by atoms with Crippen molar-refractivity contribution in [2.75, 3.05) is 19.5 Å². The molecule has 0 bridgehead atoms. The summed E-state index contributed by atoms with van der Waals surface area (Å²) in [5.74, 6) is -5.94. The number of nitrogens with one attached hydrogen (secondary N) is 8. The first kappa shape index (κ1) is 75.5. The van der Waals surface area contributed by atoms with Crippen LogP contribution >= 0.6 is 12.6 Å². The van der Waals surface area contributed by atoms with Crippen molar-refractivity contribution in [3.63, 3.8) is 0 Å². The van der Waals surface area contributed by atoms with Gasteiger partial charge in [-0.1, -0.05) is 249 Å². The Morgan fingerprint density at radius 3 is 1.26 bits per heavy atom. The molecular formula is C86H88N8O11S. The van der Waals surface area contributed by atoms with E-state index in [0.29, 0.717) is 10.9 Å². The summed E-state index contributed by atoms with van der Waals surface area (Å²) in [6.45, 7) is 6.77. The minimum atomic E-state index is -1.63. The third-order valence-corrected chi connectivity index (χ3v) is 19.5. The number of benzene rings is 9. The first-order valence-corrected chi connectivity index (χ1v) is 36.1. The highest BCUT2D eigenvalue weighted by molar-refractivity contribution is 7.80. The van der Waals surface area contributed by atoms with E-state index < -0.39 is 100 Å². The predicted octanol–water partition coefficient (Wildman–Crippen LogP) is 11.6. The molecule has 1 heterocycles. The fraction of sp³-hybridized carbons (Fsp3) is 0.256. The maximum Gasteiger partial charge on any atom is 0.407 e. The molecular weight excluding hydrogens is 1350 g/mol. The van der Waals surface area contributed by atoms with Gasteiger partial charge in [-0.2, -0.15) is 12.6 Å². The zero-order chi connectivity index (χ0) is 74.8. The highest BCUT2D eigenvalue weighted by atomic mass is 32.1. The van der Waals surface area contributed by atoms with Crippen molar-refractivity contribution in [2.45, 2.75) is 119 Å². The number of carbonyl (C=O) groups is 8. The summed E-state index contributed by atoms with van der Waals surface area (Å²) in [5.41, 5.74) is 6.26. The first-order chi connectivity index (χ1) is 51.3. The zero-order valence-corrected chi connectivity index (χ0v) is 60.6. The summed E-state index contributed by atoms with van der Waals surface area (Å²) in [6, 6.07) is 72.4. The van der Waals surface area contributed by atoms with Gasteiger partial charge in [0.05, 0.1) is 18.8 Å². The Labute approximate surface area is 622 Å². The van der Waals surface area contributed by atoms with Crippen LogP contribution in [0.25, 0.3) is 22.0 Å². The van der Waals surface area contributed by atoms with Gasteiger partial charge in [-0.3, -0.25) is 28.8 Å². The number of methoxy groups -OCH3 is 1. The topological polar surface area (TPSA) is 264 Å². The number of amides is 7. The molecule has 9 aromatic carbocycles. The number of hydrogen-bond donors (Lipinski definition) is 9. The molecule has 0 saturated heterocycles. The van der Waals surface area contributed by atoms with Crippen LogP contribution in [0.3, 0.4) is 0 Å². The van der Waals surface area contributed by atoms with Crippen LogP contribution in [0.2, 0.25) is 0 Å². The first-order valence-electron chi connectivity index (χ1n) is 35.5. The minimum absolute atomic E-state index is 0.113. The second kappa shape index (κ2) is 34.8. The number of para-hydroxylation sites is 1. The lowest BCUT2D eigenvalue weighted by Crippen LogP contribution is -2.62. The highest BCUT2D eigenvalue weighted by Gasteiger charge is 2.42. The van der Waals surface area contributed by atoms with Gasteiger partial charge in [-0.05, 0) is 108 Å². The number of ether oxygens (including phenoxy) is 3. The number of carbonyl (C=O) groups excluding carboxylic acids is 8. The van der Waals surface area contributed by atoms with Crippen molar-refractivity contribution in [1.29, 1.82) is 0 Å². The largest absolute Gasteiger partial charge is 0.467 e. The molecule has 1 aromatic heterocycles. The van der Waals surface area contributed by atoms with Crippen LogP contribution in [0, 0.1) is 0 Å². The Bertz CT molecular complexity index is 4440. The molecule has 544 valence electrons. The standard InChI is InChI=1S/C86H88N8O11S/c1-56(105-84(2,3)4)77(92-79(98)72(91-83(102)104-54-69-67-45-26-24-43-65(67)66-44-25-27-46-68(66)69)49-51-76(96)94-86(61-36-18-9-19-37-61,62-38-20-10-21-39-62)63-40-22-11-23-41-63)81(100)89-73(52-57-53-87-70-47-29-28-42-64(57)70)80(99)88-71(78(97)90-74(55-106)82(101)103-5)48-50-75(95)93-85(58-30-12-6-13-31-58,59-32-14-7-15-33-59)60-34-16-8-17-35-60/h6-47,53,56,69,71-74,77,87,106H,48-52,54-55H2,1-5H3,(H,88,99)(H,89,100)(H,90,97)(H,91,102)(H,92,98)(H,93,95)(H,94,96)/t56-,71+,72+,73+,74+,77+/m1/s1. The summed E-state index contributed by atoms with van der Waals surface area (Å²) >= 11 is 4.33. The molecule has 1 aliphatic rings. The molecule has 19 nitrogen and oxygen atoms in total. The molecule has 1 aliphatic carbocycles. The van der Waals surface area contributed by atoms with Gasteiger partial charge in [-0.15, -0.1) is 0 Å². The van der Waals surface area contributed by atoms with Gasteiger partial charge < -0.3 is 56.4 Å². The summed E-state index contributed by atoms with van der Waals surface area (Å²) in [5, 5.41) is 21.4. The molecule has 0 aliphatic heterocycles. The number of esters is 1. The molecule has 10 aromatic rings. The second-order valence-corrected chi connectivity index (χ2v) is 27.6. The smallest absolute Gasteiger partial charge is 0.407 e. The summed E-state index contributed by atoms with van der Waals surface area (Å²) in [6.07, 6.45) is -1.98. The number of alkyl carbamates (subject to hydrolysis) is 1. The van der Waals surface area contributed by atoms with E-state index in [4.69, 9.17) is 14.2 Å². The Morgan fingerprint density at radius 1 is 0.453 bits per heavy atom. The van der Waals surface area contributed by atoms with Gasteiger partial charge in [-0.25, -0.2) is 9.59 Å². The SMILES string of the molecule is COC(=O)[C@H](CS)NC(=O)[C@H](CCC(=O)NC(c1ccccc1)(c1ccccc1)c1ccccc1)NC(=O)[C@H](Cc1c[nH]c2ccccc12)NC(=O)[C@@H](NC(=O)[C@H](CCC(=O)NC(c1ccccc1)(c1ccccc1)c1ccccc1)NC(=O)OCC1c2ccccc2-c2ccccc21)[C@@H](C)OC(C)(C)C. The molecule has 0 fully saturated rings. The fourth-order valence-electron chi connectivity index (χ4n) is 14.1. The lowest BCUT2D eigenvalue weighted by Gasteiger charge is -2.37. The van der Waals surface area contributed by atoms with Crippen LogP contribution in [0.5, 0.6) is 0 Å². The van der Waals surface area contributed by atoms with E-state index in [0.717, 1.165) is 68.3 Å². The molecule has 0 radical (unpaired) electrons. The van der Waals surface area contributed by atoms with Gasteiger partial charge >= 0.3 is 12.1 Å². The van der Waals surface area contributed by atoms with Crippen molar-refractivity contribution < 1.29 is 52.6 Å². The number of H-pyrrole nitrogens is 1. The summed E-state index contributed by atoms with van der Waals surface area (Å²) in [4.78, 5) is 122. The van der Waals surface area contributed by atoms with Gasteiger partial charge in [0.25, 0.3) is 0 Å². The molecule has 20 heteroatoms. The maximum atomic E-state index is 15.7. The Kier molecular flexibility index (Phi) is 24.8. The van der Waals surface area contributed by atoms with E-state index in [-0.39, 0.29) is 50.4 Å². The Morgan fingerprint density at radius 2 is 0.830 bits per heavy atom. The number of hydrogen-bond acceptors (Lipinski definition) is 12. The maximum absolute atomic E-state index is 15.7. The van der Waals surface area contributed by atoms with E-state index in [9.17, 15) is 19.2 Å². The fourth-order valence-corrected chi connectivity index (χ4v) is 14.3. The van der Waals surface area contributed by atoms with Crippen molar-refractivity contribution in [1.82, 2.24) is 42.2 Å². The average Bonchev–Trinajstić information content (AvgIpc) is 1.53. The minimum Gasteiger partial charge on any atom is -0.467 e. The molecule has 7 amide bonds. The number of rotatable bonds is 31. The van der Waals surface area contributed by atoms with Crippen LogP contribution in [-0.2, 0) is 65.3 Å². The van der Waals surface area contributed by atoms with E-state index in [1.807, 2.05) is 255 Å². The van der Waals surface area contributed by atoms with E-state index in [1.165, 1.54) is 0 Å². The third-order valence-electron chi connectivity index (χ3n) is 19.1. The molecule has 8 N–H and O–H groups in total. The zero-order valence-electron chi connectivity index (χ0n) is 59.8. The van der Waals surface area contributed by atoms with Crippen molar-refractivity contribution in [3.05, 3.63) is 311 Å². The molecule has 0 unspecified atom stereocenters. The predicted molar refractivity (Wildman–Crippen MR) is 411 cm³/mol. The van der Waals surface area contributed by atoms with E-state index in [2.05, 4.69) is 54.8 Å². The van der Waals surface area contributed by atoms with Gasteiger partial charge in [0, 0.05) is 48.0 Å². The van der Waals surface area contributed by atoms with E-state index >= 15 is 19.2 Å².